The summed E-state index contributed by atoms with van der Waals surface area (Å²) in [6, 6.07) is -2.86. The van der Waals surface area contributed by atoms with Gasteiger partial charge in [0.05, 0.1) is 0 Å². The molecule has 0 aliphatic carbocycles. The molecular formula is C11H18F6NOSn. The van der Waals surface area contributed by atoms with Crippen LogP contribution in [0, 0.1) is 0 Å². The van der Waals surface area contributed by atoms with E-state index >= 15 is 0 Å². The van der Waals surface area contributed by atoms with E-state index in [9.17, 15) is 26.3 Å². The van der Waals surface area contributed by atoms with Gasteiger partial charge in [0.1, 0.15) is 0 Å². The van der Waals surface area contributed by atoms with Crippen LogP contribution in [0.15, 0.2) is 0 Å². The van der Waals surface area contributed by atoms with Crippen LogP contribution >= 0.6 is 0 Å². The van der Waals surface area contributed by atoms with E-state index in [-0.39, 0.29) is 22.9 Å². The molecule has 3 radical (unpaired) electrons. The summed E-state index contributed by atoms with van der Waals surface area (Å²) in [5, 5.41) is 0. The Morgan fingerprint density at radius 3 is 1.25 bits per heavy atom. The maximum absolute atomic E-state index is 13.2. The number of hydrogen-bond acceptors (Lipinski definition) is 2. The molecular weight excluding hydrogens is 395 g/mol. The van der Waals surface area contributed by atoms with Gasteiger partial charge in [-0.3, -0.25) is 0 Å². The van der Waals surface area contributed by atoms with Crippen LogP contribution in [0.4, 0.5) is 26.3 Å². The first kappa shape index (κ1) is 20.3. The minimum atomic E-state index is -5.55. The van der Waals surface area contributed by atoms with E-state index in [0.29, 0.717) is 0 Å². The van der Waals surface area contributed by atoms with Gasteiger partial charge in [-0.15, -0.1) is 0 Å². The topological polar surface area (TPSA) is 12.5 Å². The summed E-state index contributed by atoms with van der Waals surface area (Å²) in [7, 11) is 0. The van der Waals surface area contributed by atoms with Crippen molar-refractivity contribution in [2.24, 2.45) is 0 Å². The van der Waals surface area contributed by atoms with Gasteiger partial charge < -0.3 is 0 Å². The third-order valence-corrected chi connectivity index (χ3v) is 4.15. The van der Waals surface area contributed by atoms with Gasteiger partial charge in [0.2, 0.25) is 0 Å². The molecule has 0 heterocycles. The fraction of sp³-hybridized carbons (Fsp3) is 1.00. The molecule has 20 heavy (non-hydrogen) atoms. The maximum atomic E-state index is 13.2. The predicted molar refractivity (Wildman–Crippen MR) is 63.3 cm³/mol. The second kappa shape index (κ2) is 6.60. The fourth-order valence-corrected chi connectivity index (χ4v) is 3.68. The zero-order valence-corrected chi connectivity index (χ0v) is 14.7. The quantitative estimate of drug-likeness (QED) is 0.506. The molecule has 1 unspecified atom stereocenters. The summed E-state index contributed by atoms with van der Waals surface area (Å²) in [4.78, 5) is 1.16. The van der Waals surface area contributed by atoms with Gasteiger partial charge in [0.15, 0.2) is 0 Å². The van der Waals surface area contributed by atoms with Crippen LogP contribution in [0.3, 0.4) is 0 Å². The molecule has 0 bridgehead atoms. The van der Waals surface area contributed by atoms with Gasteiger partial charge in [-0.2, -0.15) is 0 Å². The van der Waals surface area contributed by atoms with Crippen LogP contribution < -0.4 is 0 Å². The van der Waals surface area contributed by atoms with Crippen LogP contribution in [0.25, 0.3) is 0 Å². The molecule has 1 atom stereocenters. The van der Waals surface area contributed by atoms with Crippen molar-refractivity contribution in [3.8, 4) is 0 Å². The summed E-state index contributed by atoms with van der Waals surface area (Å²) in [6.45, 7) is 7.12. The minimum absolute atomic E-state index is 0.281. The van der Waals surface area contributed by atoms with Gasteiger partial charge in [0.25, 0.3) is 0 Å². The molecule has 0 amide bonds. The van der Waals surface area contributed by atoms with Gasteiger partial charge in [0, 0.05) is 0 Å². The average Bonchev–Trinajstić information content (AvgIpc) is 2.12. The van der Waals surface area contributed by atoms with Crippen LogP contribution in [0.5, 0.6) is 0 Å². The second-order valence-corrected chi connectivity index (χ2v) is 5.73. The summed E-state index contributed by atoms with van der Waals surface area (Å²) in [6.07, 6.45) is -11.1. The van der Waals surface area contributed by atoms with Crippen LogP contribution in [0.2, 0.25) is 0 Å². The Balaban J connectivity index is 6.01. The molecule has 0 aliphatic heterocycles. The van der Waals surface area contributed by atoms with E-state index in [1.807, 2.05) is 0 Å². The summed E-state index contributed by atoms with van der Waals surface area (Å²) >= 11 is -0.281. The van der Waals surface area contributed by atoms with Crippen molar-refractivity contribution >= 4 is 22.9 Å². The van der Waals surface area contributed by atoms with E-state index < -0.39 is 36.1 Å². The summed E-state index contributed by atoms with van der Waals surface area (Å²) in [5.41, 5.74) is -4.17. The zero-order chi connectivity index (χ0) is 16.5. The van der Waals surface area contributed by atoms with E-state index in [1.165, 1.54) is 0 Å². The van der Waals surface area contributed by atoms with E-state index in [0.717, 1.165) is 11.8 Å². The molecule has 0 saturated carbocycles. The van der Waals surface area contributed by atoms with Gasteiger partial charge >= 0.3 is 128 Å². The third kappa shape index (κ3) is 3.55. The normalized spacial score (nSPS) is 16.4. The Morgan fingerprint density at radius 2 is 1.10 bits per heavy atom. The van der Waals surface area contributed by atoms with Crippen molar-refractivity contribution in [1.29, 1.82) is 0 Å². The first-order chi connectivity index (χ1) is 8.74. The van der Waals surface area contributed by atoms with Gasteiger partial charge in [-0.1, -0.05) is 0 Å². The Labute approximate surface area is 128 Å². The summed E-state index contributed by atoms with van der Waals surface area (Å²) < 4.78 is 83.0. The Bertz CT molecular complexity index is 293. The molecule has 0 spiro atoms. The van der Waals surface area contributed by atoms with E-state index in [4.69, 9.17) is 0 Å². The molecule has 0 aliphatic rings. The van der Waals surface area contributed by atoms with Gasteiger partial charge in [-0.25, -0.2) is 0 Å². The fourth-order valence-electron chi connectivity index (χ4n) is 2.54. The SMILES string of the molecule is CC(C)N(C(C)C)C(C)C([O][Sn])(C(F)(F)F)C(F)(F)F. The predicted octanol–water partition coefficient (Wildman–Crippen LogP) is 3.46. The Hall–Kier alpha value is 0.299. The van der Waals surface area contributed by atoms with Crippen molar-refractivity contribution in [3.63, 3.8) is 0 Å². The molecule has 0 saturated heterocycles. The number of nitrogens with zero attached hydrogens (tertiary/aromatic N) is 1. The van der Waals surface area contributed by atoms with Crippen molar-refractivity contribution in [2.75, 3.05) is 0 Å². The molecule has 0 rings (SSSR count). The molecule has 0 aromatic heterocycles. The van der Waals surface area contributed by atoms with Crippen molar-refractivity contribution < 1.29 is 29.4 Å². The standard InChI is InChI=1S/C11H18F6NO.Sn/c1-6(2)18(7(3)4)8(5)9(19,10(12,13)14)11(15,16)17;/h6-8H,1-5H3;/q-1;+1. The Morgan fingerprint density at radius 1 is 0.800 bits per heavy atom. The number of hydrogen-bond donors (Lipinski definition) is 0. The van der Waals surface area contributed by atoms with Crippen molar-refractivity contribution in [1.82, 2.24) is 4.90 Å². The first-order valence-electron chi connectivity index (χ1n) is 5.99. The zero-order valence-electron chi connectivity index (χ0n) is 11.9. The molecule has 0 N–H and O–H groups in total. The number of alkyl halides is 6. The molecule has 0 aromatic rings. The van der Waals surface area contributed by atoms with Crippen molar-refractivity contribution in [3.05, 3.63) is 0 Å². The number of rotatable bonds is 5. The monoisotopic (exact) mass is 414 g/mol. The molecule has 2 nitrogen and oxygen atoms in total. The molecule has 119 valence electrons. The van der Waals surface area contributed by atoms with Crippen LogP contribution in [-0.2, 0) is 3.07 Å². The van der Waals surface area contributed by atoms with E-state index in [1.54, 1.807) is 27.7 Å². The first-order valence-corrected chi connectivity index (χ1v) is 7.16. The van der Waals surface area contributed by atoms with Crippen LogP contribution in [-0.4, -0.2) is 63.9 Å². The summed E-state index contributed by atoms with van der Waals surface area (Å²) in [5.74, 6) is 0. The third-order valence-electron chi connectivity index (χ3n) is 3.23. The average molecular weight is 413 g/mol. The second-order valence-electron chi connectivity index (χ2n) is 5.14. The van der Waals surface area contributed by atoms with E-state index in [2.05, 4.69) is 3.07 Å². The van der Waals surface area contributed by atoms with Gasteiger partial charge in [-0.05, 0) is 0 Å². The number of halogens is 6. The molecule has 0 fully saturated rings. The molecule has 9 heteroatoms. The van der Waals surface area contributed by atoms with Crippen molar-refractivity contribution in [2.45, 2.75) is 70.7 Å². The van der Waals surface area contributed by atoms with Crippen LogP contribution in [0.1, 0.15) is 34.6 Å². The molecule has 0 aromatic carbocycles. The Kier molecular flexibility index (Phi) is 6.70.